The van der Waals surface area contributed by atoms with E-state index in [9.17, 15) is 9.59 Å². The van der Waals surface area contributed by atoms with E-state index in [-0.39, 0.29) is 17.9 Å². The van der Waals surface area contributed by atoms with Crippen molar-refractivity contribution in [2.24, 2.45) is 0 Å². The molecule has 6 nitrogen and oxygen atoms in total. The Labute approximate surface area is 131 Å². The number of furan rings is 1. The summed E-state index contributed by atoms with van der Waals surface area (Å²) in [6.07, 6.45) is 6.15. The minimum Gasteiger partial charge on any atom is -0.472 e. The Morgan fingerprint density at radius 3 is 2.64 bits per heavy atom. The largest absolute Gasteiger partial charge is 0.472 e. The Balaban J connectivity index is 1.80. The fourth-order valence-corrected chi connectivity index (χ4v) is 2.62. The second-order valence-corrected chi connectivity index (χ2v) is 5.83. The van der Waals surface area contributed by atoms with E-state index in [1.54, 1.807) is 13.0 Å². The highest BCUT2D eigenvalue weighted by Crippen LogP contribution is 2.09. The Bertz CT molecular complexity index is 481. The third-order valence-electron chi connectivity index (χ3n) is 4.04. The molecule has 1 aliphatic heterocycles. The molecule has 1 aromatic rings. The molecule has 2 atom stereocenters. The molecule has 1 saturated heterocycles. The number of nitrogens with zero attached hydrogens (tertiary/aromatic N) is 1. The van der Waals surface area contributed by atoms with Crippen LogP contribution < -0.4 is 10.6 Å². The lowest BCUT2D eigenvalue weighted by Crippen LogP contribution is -2.50. The molecular formula is C16H25N3O3. The van der Waals surface area contributed by atoms with Gasteiger partial charge in [0.1, 0.15) is 12.3 Å². The fourth-order valence-electron chi connectivity index (χ4n) is 2.62. The summed E-state index contributed by atoms with van der Waals surface area (Å²) >= 11 is 0. The van der Waals surface area contributed by atoms with Crippen molar-refractivity contribution >= 4 is 11.8 Å². The second kappa shape index (κ2) is 7.98. The summed E-state index contributed by atoms with van der Waals surface area (Å²) < 4.78 is 4.87. The van der Waals surface area contributed by atoms with Crippen LogP contribution in [-0.2, 0) is 4.79 Å². The van der Waals surface area contributed by atoms with Gasteiger partial charge in [0.15, 0.2) is 0 Å². The van der Waals surface area contributed by atoms with Gasteiger partial charge in [-0.2, -0.15) is 0 Å². The topological polar surface area (TPSA) is 74.6 Å². The van der Waals surface area contributed by atoms with E-state index in [0.717, 1.165) is 26.1 Å². The summed E-state index contributed by atoms with van der Waals surface area (Å²) in [5.74, 6) is -0.452. The van der Waals surface area contributed by atoms with Gasteiger partial charge >= 0.3 is 0 Å². The van der Waals surface area contributed by atoms with Gasteiger partial charge in [-0.3, -0.25) is 9.59 Å². The number of rotatable bonds is 7. The molecule has 1 fully saturated rings. The highest BCUT2D eigenvalue weighted by Gasteiger charge is 2.22. The molecule has 2 amide bonds. The third-order valence-corrected chi connectivity index (χ3v) is 4.04. The molecule has 1 aliphatic rings. The number of likely N-dealkylation sites (tertiary alicyclic amines) is 1. The van der Waals surface area contributed by atoms with Crippen LogP contribution in [0.15, 0.2) is 23.0 Å². The minimum atomic E-state index is -0.574. The molecule has 0 saturated carbocycles. The zero-order chi connectivity index (χ0) is 15.9. The van der Waals surface area contributed by atoms with Crippen LogP contribution in [0.3, 0.4) is 0 Å². The third kappa shape index (κ3) is 4.59. The first kappa shape index (κ1) is 16.5. The summed E-state index contributed by atoms with van der Waals surface area (Å²) in [6.45, 7) is 6.86. The summed E-state index contributed by atoms with van der Waals surface area (Å²) in [4.78, 5) is 26.5. The molecule has 0 aromatic carbocycles. The molecule has 0 bridgehead atoms. The monoisotopic (exact) mass is 307 g/mol. The van der Waals surface area contributed by atoms with Crippen molar-refractivity contribution in [2.45, 2.75) is 45.2 Å². The number of hydrogen-bond acceptors (Lipinski definition) is 4. The number of carbonyl (C=O) groups excluding carboxylic acids is 2. The predicted molar refractivity (Wildman–Crippen MR) is 83.5 cm³/mol. The quantitative estimate of drug-likeness (QED) is 0.798. The number of carbonyl (C=O) groups is 2. The lowest BCUT2D eigenvalue weighted by molar-refractivity contribution is -0.123. The molecule has 2 heterocycles. The van der Waals surface area contributed by atoms with Gasteiger partial charge in [-0.1, -0.05) is 6.92 Å². The summed E-state index contributed by atoms with van der Waals surface area (Å²) in [6, 6.07) is 1.12. The molecule has 2 rings (SSSR count). The van der Waals surface area contributed by atoms with Gasteiger partial charge in [-0.05, 0) is 45.3 Å². The van der Waals surface area contributed by atoms with Crippen LogP contribution in [0.2, 0.25) is 0 Å². The lowest BCUT2D eigenvalue weighted by atomic mass is 10.2. The van der Waals surface area contributed by atoms with Crippen molar-refractivity contribution in [3.8, 4) is 0 Å². The van der Waals surface area contributed by atoms with E-state index >= 15 is 0 Å². The molecule has 22 heavy (non-hydrogen) atoms. The van der Waals surface area contributed by atoms with Gasteiger partial charge in [0.25, 0.3) is 5.91 Å². The molecule has 6 heteroatoms. The molecular weight excluding hydrogens is 282 g/mol. The highest BCUT2D eigenvalue weighted by molar-refractivity contribution is 5.97. The Morgan fingerprint density at radius 2 is 2.05 bits per heavy atom. The van der Waals surface area contributed by atoms with Crippen LogP contribution in [0.25, 0.3) is 0 Å². The van der Waals surface area contributed by atoms with E-state index in [1.807, 2.05) is 0 Å². The standard InChI is InChI=1S/C16H25N3O3/c1-3-14(10-19-7-4-5-8-19)18-15(20)12(2)17-16(21)13-6-9-22-11-13/h6,9,11-12,14H,3-5,7-8,10H2,1-2H3,(H,17,21)(H,18,20)/t12-,14+/m0/s1. The van der Waals surface area contributed by atoms with E-state index in [2.05, 4.69) is 22.5 Å². The van der Waals surface area contributed by atoms with Gasteiger partial charge in [-0.15, -0.1) is 0 Å². The first-order valence-corrected chi connectivity index (χ1v) is 7.96. The lowest BCUT2D eigenvalue weighted by Gasteiger charge is -2.25. The van der Waals surface area contributed by atoms with Gasteiger partial charge < -0.3 is 20.0 Å². The first-order valence-electron chi connectivity index (χ1n) is 7.96. The molecule has 0 spiro atoms. The van der Waals surface area contributed by atoms with Crippen LogP contribution in [-0.4, -0.2) is 48.4 Å². The molecule has 0 aliphatic carbocycles. The van der Waals surface area contributed by atoms with Crippen molar-refractivity contribution in [3.63, 3.8) is 0 Å². The summed E-state index contributed by atoms with van der Waals surface area (Å²) in [7, 11) is 0. The van der Waals surface area contributed by atoms with Gasteiger partial charge in [0.05, 0.1) is 11.8 Å². The molecule has 0 unspecified atom stereocenters. The van der Waals surface area contributed by atoms with E-state index in [1.165, 1.54) is 25.4 Å². The van der Waals surface area contributed by atoms with E-state index < -0.39 is 6.04 Å². The maximum atomic E-state index is 12.2. The van der Waals surface area contributed by atoms with Crippen molar-refractivity contribution in [1.29, 1.82) is 0 Å². The summed E-state index contributed by atoms with van der Waals surface area (Å²) in [5, 5.41) is 5.71. The minimum absolute atomic E-state index is 0.124. The molecule has 0 radical (unpaired) electrons. The van der Waals surface area contributed by atoms with Gasteiger partial charge in [0, 0.05) is 12.6 Å². The normalized spacial score (nSPS) is 17.9. The number of hydrogen-bond donors (Lipinski definition) is 2. The van der Waals surface area contributed by atoms with Gasteiger partial charge in [-0.25, -0.2) is 0 Å². The van der Waals surface area contributed by atoms with E-state index in [4.69, 9.17) is 4.42 Å². The first-order chi connectivity index (χ1) is 10.6. The van der Waals surface area contributed by atoms with Crippen molar-refractivity contribution in [3.05, 3.63) is 24.2 Å². The molecule has 122 valence electrons. The second-order valence-electron chi connectivity index (χ2n) is 5.83. The zero-order valence-corrected chi connectivity index (χ0v) is 13.3. The Kier molecular flexibility index (Phi) is 6.00. The maximum absolute atomic E-state index is 12.2. The number of amides is 2. The van der Waals surface area contributed by atoms with Crippen LogP contribution >= 0.6 is 0 Å². The van der Waals surface area contributed by atoms with Crippen LogP contribution in [0, 0.1) is 0 Å². The van der Waals surface area contributed by atoms with Crippen LogP contribution in [0.1, 0.15) is 43.5 Å². The van der Waals surface area contributed by atoms with Crippen LogP contribution in [0.4, 0.5) is 0 Å². The average molecular weight is 307 g/mol. The Hall–Kier alpha value is -1.82. The van der Waals surface area contributed by atoms with E-state index in [0.29, 0.717) is 5.56 Å². The molecule has 2 N–H and O–H groups in total. The zero-order valence-electron chi connectivity index (χ0n) is 13.3. The smallest absolute Gasteiger partial charge is 0.255 e. The van der Waals surface area contributed by atoms with Crippen molar-refractivity contribution in [1.82, 2.24) is 15.5 Å². The number of nitrogens with one attached hydrogen (secondary N) is 2. The summed E-state index contributed by atoms with van der Waals surface area (Å²) in [5.41, 5.74) is 0.420. The fraction of sp³-hybridized carbons (Fsp3) is 0.625. The molecule has 1 aromatic heterocycles. The Morgan fingerprint density at radius 1 is 1.32 bits per heavy atom. The van der Waals surface area contributed by atoms with Gasteiger partial charge in [0.2, 0.25) is 5.91 Å². The van der Waals surface area contributed by atoms with Crippen LogP contribution in [0.5, 0.6) is 0 Å². The SMILES string of the molecule is CC[C@H](CN1CCCC1)NC(=O)[C@H](C)NC(=O)c1ccoc1. The van der Waals surface area contributed by atoms with Crippen molar-refractivity contribution < 1.29 is 14.0 Å². The van der Waals surface area contributed by atoms with Crippen molar-refractivity contribution in [2.75, 3.05) is 19.6 Å². The maximum Gasteiger partial charge on any atom is 0.255 e. The average Bonchev–Trinajstić information content (AvgIpc) is 3.19. The highest BCUT2D eigenvalue weighted by atomic mass is 16.3. The predicted octanol–water partition coefficient (Wildman–Crippen LogP) is 1.39.